The largest absolute Gasteiger partial charge is 0.392 e. The van der Waals surface area contributed by atoms with Crippen LogP contribution in [0.25, 0.3) is 0 Å². The molecule has 2 fully saturated rings. The Balaban J connectivity index is 2.36. The van der Waals surface area contributed by atoms with E-state index in [1.807, 2.05) is 6.92 Å². The maximum atomic E-state index is 9.71. The lowest BCUT2D eigenvalue weighted by molar-refractivity contribution is 0.0705. The van der Waals surface area contributed by atoms with E-state index in [1.54, 1.807) is 0 Å². The number of hydrogen-bond donors (Lipinski definition) is 2. The minimum atomic E-state index is -0.356. The average molecular weight is 154 g/mol. The summed E-state index contributed by atoms with van der Waals surface area (Å²) in [6, 6.07) is 0. The van der Waals surface area contributed by atoms with Gasteiger partial charge in [-0.1, -0.05) is 19.1 Å². The van der Waals surface area contributed by atoms with Gasteiger partial charge in [0.2, 0.25) is 0 Å². The summed E-state index contributed by atoms with van der Waals surface area (Å²) in [5.74, 6) is -0.0417. The van der Waals surface area contributed by atoms with E-state index in [1.165, 1.54) is 0 Å². The SMILES string of the molecule is C=C1CC2(C)CC(O)C1C2O. The van der Waals surface area contributed by atoms with Gasteiger partial charge < -0.3 is 10.2 Å². The molecule has 4 unspecified atom stereocenters. The number of aliphatic hydroxyl groups excluding tert-OH is 2. The van der Waals surface area contributed by atoms with Gasteiger partial charge in [0.15, 0.2) is 0 Å². The molecule has 0 amide bonds. The normalized spacial score (nSPS) is 55.5. The molecule has 2 bridgehead atoms. The van der Waals surface area contributed by atoms with Crippen LogP contribution in [-0.4, -0.2) is 22.4 Å². The molecule has 4 atom stereocenters. The summed E-state index contributed by atoms with van der Waals surface area (Å²) in [5, 5.41) is 19.2. The molecule has 2 nitrogen and oxygen atoms in total. The summed E-state index contributed by atoms with van der Waals surface area (Å²) >= 11 is 0. The predicted molar refractivity (Wildman–Crippen MR) is 42.0 cm³/mol. The van der Waals surface area contributed by atoms with Crippen LogP contribution in [0.5, 0.6) is 0 Å². The number of fused-ring (bicyclic) bond motifs is 2. The van der Waals surface area contributed by atoms with Crippen LogP contribution in [0.15, 0.2) is 12.2 Å². The average Bonchev–Trinajstić information content (AvgIpc) is 2.14. The molecule has 11 heavy (non-hydrogen) atoms. The smallest absolute Gasteiger partial charge is 0.0687 e. The molecule has 0 saturated heterocycles. The van der Waals surface area contributed by atoms with Crippen molar-refractivity contribution in [1.82, 2.24) is 0 Å². The molecule has 2 aliphatic carbocycles. The molecule has 2 aliphatic rings. The van der Waals surface area contributed by atoms with Gasteiger partial charge in [0.05, 0.1) is 12.2 Å². The van der Waals surface area contributed by atoms with Crippen LogP contribution >= 0.6 is 0 Å². The zero-order chi connectivity index (χ0) is 8.22. The minimum absolute atomic E-state index is 0.0417. The maximum absolute atomic E-state index is 9.71. The Kier molecular flexibility index (Phi) is 1.25. The molecule has 62 valence electrons. The molecule has 2 saturated carbocycles. The van der Waals surface area contributed by atoms with Crippen LogP contribution in [0.2, 0.25) is 0 Å². The van der Waals surface area contributed by atoms with Crippen molar-refractivity contribution in [3.8, 4) is 0 Å². The maximum Gasteiger partial charge on any atom is 0.0687 e. The van der Waals surface area contributed by atoms with E-state index in [-0.39, 0.29) is 23.5 Å². The van der Waals surface area contributed by atoms with E-state index in [0.717, 1.165) is 18.4 Å². The van der Waals surface area contributed by atoms with Crippen molar-refractivity contribution in [2.75, 3.05) is 0 Å². The lowest BCUT2D eigenvalue weighted by Gasteiger charge is -2.24. The first kappa shape index (κ1) is 7.32. The highest BCUT2D eigenvalue weighted by molar-refractivity contribution is 5.24. The van der Waals surface area contributed by atoms with Crippen molar-refractivity contribution >= 4 is 0 Å². The Hall–Kier alpha value is -0.340. The highest BCUT2D eigenvalue weighted by Crippen LogP contribution is 2.55. The van der Waals surface area contributed by atoms with E-state index in [0.29, 0.717) is 0 Å². The van der Waals surface area contributed by atoms with Crippen LogP contribution in [0.4, 0.5) is 0 Å². The summed E-state index contributed by atoms with van der Waals surface area (Å²) in [6.07, 6.45) is 0.912. The Morgan fingerprint density at radius 3 is 2.45 bits per heavy atom. The Morgan fingerprint density at radius 2 is 2.18 bits per heavy atom. The molecule has 0 aromatic heterocycles. The molecule has 2 rings (SSSR count). The molecule has 0 aromatic carbocycles. The topological polar surface area (TPSA) is 40.5 Å². The summed E-state index contributed by atoms with van der Waals surface area (Å²) in [6.45, 7) is 5.89. The van der Waals surface area contributed by atoms with Gasteiger partial charge in [0.25, 0.3) is 0 Å². The van der Waals surface area contributed by atoms with E-state index in [4.69, 9.17) is 0 Å². The van der Waals surface area contributed by atoms with Crippen LogP contribution in [0, 0.1) is 11.3 Å². The van der Waals surface area contributed by atoms with Gasteiger partial charge in [0.1, 0.15) is 0 Å². The quantitative estimate of drug-likeness (QED) is 0.504. The highest BCUT2D eigenvalue weighted by Gasteiger charge is 2.56. The first-order chi connectivity index (χ1) is 5.04. The molecule has 0 heterocycles. The first-order valence-electron chi connectivity index (χ1n) is 4.08. The van der Waals surface area contributed by atoms with E-state index >= 15 is 0 Å². The van der Waals surface area contributed by atoms with Gasteiger partial charge >= 0.3 is 0 Å². The summed E-state index contributed by atoms with van der Waals surface area (Å²) in [4.78, 5) is 0. The second-order valence-electron chi connectivity index (χ2n) is 4.23. The second kappa shape index (κ2) is 1.87. The molecule has 0 aliphatic heterocycles. The van der Waals surface area contributed by atoms with Crippen molar-refractivity contribution in [1.29, 1.82) is 0 Å². The van der Waals surface area contributed by atoms with Crippen molar-refractivity contribution in [3.05, 3.63) is 12.2 Å². The zero-order valence-corrected chi connectivity index (χ0v) is 6.75. The van der Waals surface area contributed by atoms with Gasteiger partial charge in [-0.2, -0.15) is 0 Å². The van der Waals surface area contributed by atoms with Crippen molar-refractivity contribution < 1.29 is 10.2 Å². The standard InChI is InChI=1S/C9H14O2/c1-5-3-9(2)4-6(10)7(5)8(9)11/h6-8,10-11H,1,3-4H2,2H3. The lowest BCUT2D eigenvalue weighted by atomic mass is 9.83. The molecule has 0 spiro atoms. The zero-order valence-electron chi connectivity index (χ0n) is 6.75. The van der Waals surface area contributed by atoms with E-state index in [2.05, 4.69) is 6.58 Å². The van der Waals surface area contributed by atoms with Crippen molar-refractivity contribution in [3.63, 3.8) is 0 Å². The van der Waals surface area contributed by atoms with Crippen LogP contribution in [-0.2, 0) is 0 Å². The van der Waals surface area contributed by atoms with Gasteiger partial charge in [-0.25, -0.2) is 0 Å². The molecule has 0 radical (unpaired) electrons. The van der Waals surface area contributed by atoms with Gasteiger partial charge in [-0.3, -0.25) is 0 Å². The van der Waals surface area contributed by atoms with Crippen LogP contribution in [0.1, 0.15) is 19.8 Å². The van der Waals surface area contributed by atoms with Crippen molar-refractivity contribution in [2.45, 2.75) is 32.0 Å². The molecular weight excluding hydrogens is 140 g/mol. The number of hydrogen-bond acceptors (Lipinski definition) is 2. The molecule has 0 aromatic rings. The van der Waals surface area contributed by atoms with Gasteiger partial charge in [-0.05, 0) is 12.8 Å². The molecule has 2 heteroatoms. The summed E-state index contributed by atoms with van der Waals surface area (Å²) < 4.78 is 0. The van der Waals surface area contributed by atoms with Crippen LogP contribution < -0.4 is 0 Å². The summed E-state index contributed by atoms with van der Waals surface area (Å²) in [7, 11) is 0. The summed E-state index contributed by atoms with van der Waals surface area (Å²) in [5.41, 5.74) is 0.944. The Bertz CT molecular complexity index is 212. The third-order valence-electron chi connectivity index (χ3n) is 3.25. The third kappa shape index (κ3) is 0.741. The van der Waals surface area contributed by atoms with Crippen molar-refractivity contribution in [2.24, 2.45) is 11.3 Å². The number of aliphatic hydroxyl groups is 2. The predicted octanol–water partition coefficient (Wildman–Crippen LogP) is 0.694. The fourth-order valence-corrected chi connectivity index (χ4v) is 2.68. The highest BCUT2D eigenvalue weighted by atomic mass is 16.3. The second-order valence-corrected chi connectivity index (χ2v) is 4.23. The third-order valence-corrected chi connectivity index (χ3v) is 3.25. The Labute approximate surface area is 66.5 Å². The fraction of sp³-hybridized carbons (Fsp3) is 0.778. The monoisotopic (exact) mass is 154 g/mol. The fourth-order valence-electron chi connectivity index (χ4n) is 2.68. The Morgan fingerprint density at radius 1 is 1.55 bits per heavy atom. The van der Waals surface area contributed by atoms with Gasteiger partial charge in [-0.15, -0.1) is 0 Å². The van der Waals surface area contributed by atoms with Crippen LogP contribution in [0.3, 0.4) is 0 Å². The first-order valence-corrected chi connectivity index (χ1v) is 4.08. The van der Waals surface area contributed by atoms with Gasteiger partial charge in [0, 0.05) is 11.3 Å². The van der Waals surface area contributed by atoms with E-state index in [9.17, 15) is 10.2 Å². The number of rotatable bonds is 0. The van der Waals surface area contributed by atoms with E-state index < -0.39 is 0 Å². The molecule has 2 N–H and O–H groups in total. The minimum Gasteiger partial charge on any atom is -0.392 e. The lowest BCUT2D eigenvalue weighted by Crippen LogP contribution is -2.22. The molecular formula is C9H14O2.